The van der Waals surface area contributed by atoms with Crippen LogP contribution in [0.3, 0.4) is 0 Å². The van der Waals surface area contributed by atoms with Gasteiger partial charge in [-0.05, 0) is 48.5 Å². The molecule has 0 aliphatic heterocycles. The summed E-state index contributed by atoms with van der Waals surface area (Å²) in [5, 5.41) is 5.50. The fraction of sp³-hybridized carbons (Fsp3) is 0.0556. The number of nitrogens with zero attached hydrogens (tertiary/aromatic N) is 2. The molecule has 6 nitrogen and oxygen atoms in total. The first kappa shape index (κ1) is 15.5. The molecule has 2 N–H and O–H groups in total. The second-order valence-electron chi connectivity index (χ2n) is 5.23. The second-order valence-corrected chi connectivity index (χ2v) is 5.23. The van der Waals surface area contributed by atoms with Crippen LogP contribution in [0.2, 0.25) is 0 Å². The zero-order valence-corrected chi connectivity index (χ0v) is 13.1. The predicted molar refractivity (Wildman–Crippen MR) is 92.3 cm³/mol. The van der Waals surface area contributed by atoms with Crippen molar-refractivity contribution in [2.45, 2.75) is 6.92 Å². The first-order valence-electron chi connectivity index (χ1n) is 7.39. The molecule has 3 aromatic rings. The molecule has 0 saturated heterocycles. The summed E-state index contributed by atoms with van der Waals surface area (Å²) in [6.07, 6.45) is 5.24. The highest BCUT2D eigenvalue weighted by Gasteiger charge is 2.07. The number of imidazole rings is 1. The minimum Gasteiger partial charge on any atom is -0.326 e. The molecule has 120 valence electrons. The largest absolute Gasteiger partial charge is 0.326 e. The maximum atomic E-state index is 12.3. The summed E-state index contributed by atoms with van der Waals surface area (Å²) in [4.78, 5) is 27.3. The van der Waals surface area contributed by atoms with Crippen molar-refractivity contribution in [2.75, 3.05) is 10.6 Å². The maximum absolute atomic E-state index is 12.3. The van der Waals surface area contributed by atoms with Gasteiger partial charge in [-0.3, -0.25) is 9.59 Å². The molecule has 0 fully saturated rings. The Bertz CT molecular complexity index is 838. The average molecular weight is 320 g/mol. The summed E-state index contributed by atoms with van der Waals surface area (Å²) in [5.41, 5.74) is 2.84. The third-order valence-electron chi connectivity index (χ3n) is 3.40. The number of anilines is 2. The Morgan fingerprint density at radius 1 is 0.917 bits per heavy atom. The number of rotatable bonds is 4. The molecule has 0 radical (unpaired) electrons. The lowest BCUT2D eigenvalue weighted by molar-refractivity contribution is -0.114. The summed E-state index contributed by atoms with van der Waals surface area (Å²) in [6.45, 7) is 1.45. The van der Waals surface area contributed by atoms with E-state index in [1.165, 1.54) is 6.92 Å². The average Bonchev–Trinajstić information content (AvgIpc) is 3.11. The molecule has 6 heteroatoms. The zero-order valence-electron chi connectivity index (χ0n) is 13.1. The smallest absolute Gasteiger partial charge is 0.255 e. The topological polar surface area (TPSA) is 76.0 Å². The van der Waals surface area contributed by atoms with E-state index in [-0.39, 0.29) is 11.8 Å². The van der Waals surface area contributed by atoms with Gasteiger partial charge >= 0.3 is 0 Å². The molecule has 0 aliphatic carbocycles. The molecule has 0 unspecified atom stereocenters. The van der Waals surface area contributed by atoms with E-state index >= 15 is 0 Å². The molecule has 1 aromatic heterocycles. The number of carbonyl (C=O) groups is 2. The lowest BCUT2D eigenvalue weighted by Gasteiger charge is -2.08. The van der Waals surface area contributed by atoms with E-state index in [1.54, 1.807) is 48.9 Å². The van der Waals surface area contributed by atoms with Crippen LogP contribution in [-0.4, -0.2) is 21.4 Å². The number of hydrogen-bond acceptors (Lipinski definition) is 3. The molecule has 24 heavy (non-hydrogen) atoms. The van der Waals surface area contributed by atoms with E-state index in [4.69, 9.17) is 0 Å². The van der Waals surface area contributed by atoms with Gasteiger partial charge in [0.2, 0.25) is 5.91 Å². The Hall–Kier alpha value is -3.41. The molecule has 1 heterocycles. The van der Waals surface area contributed by atoms with E-state index in [1.807, 2.05) is 22.9 Å². The van der Waals surface area contributed by atoms with Crippen LogP contribution in [0.1, 0.15) is 17.3 Å². The van der Waals surface area contributed by atoms with Crippen LogP contribution < -0.4 is 10.6 Å². The summed E-state index contributed by atoms with van der Waals surface area (Å²) in [5.74, 6) is -0.329. The van der Waals surface area contributed by atoms with Gasteiger partial charge in [-0.15, -0.1) is 0 Å². The Morgan fingerprint density at radius 3 is 2.08 bits per heavy atom. The molecule has 2 amide bonds. The van der Waals surface area contributed by atoms with Crippen LogP contribution in [-0.2, 0) is 4.79 Å². The summed E-state index contributed by atoms with van der Waals surface area (Å²) in [7, 11) is 0. The quantitative estimate of drug-likeness (QED) is 0.775. The Morgan fingerprint density at radius 2 is 1.54 bits per heavy atom. The minimum atomic E-state index is -0.195. The van der Waals surface area contributed by atoms with Crippen molar-refractivity contribution in [3.63, 3.8) is 0 Å². The van der Waals surface area contributed by atoms with Gasteiger partial charge in [-0.1, -0.05) is 0 Å². The van der Waals surface area contributed by atoms with Crippen molar-refractivity contribution in [3.05, 3.63) is 72.8 Å². The summed E-state index contributed by atoms with van der Waals surface area (Å²) in [6, 6.07) is 14.2. The highest BCUT2D eigenvalue weighted by Crippen LogP contribution is 2.15. The zero-order chi connectivity index (χ0) is 16.9. The molecule has 0 spiro atoms. The van der Waals surface area contributed by atoms with Crippen molar-refractivity contribution in [1.82, 2.24) is 9.55 Å². The van der Waals surface area contributed by atoms with Crippen molar-refractivity contribution in [3.8, 4) is 5.69 Å². The van der Waals surface area contributed by atoms with Crippen LogP contribution in [0.15, 0.2) is 67.3 Å². The highest BCUT2D eigenvalue weighted by atomic mass is 16.2. The predicted octanol–water partition coefficient (Wildman–Crippen LogP) is 3.08. The van der Waals surface area contributed by atoms with Crippen LogP contribution >= 0.6 is 0 Å². The molecule has 0 bridgehead atoms. The minimum absolute atomic E-state index is 0.134. The van der Waals surface area contributed by atoms with E-state index < -0.39 is 0 Å². The van der Waals surface area contributed by atoms with Crippen molar-refractivity contribution >= 4 is 23.2 Å². The molecule has 0 atom stereocenters. The maximum Gasteiger partial charge on any atom is 0.255 e. The van der Waals surface area contributed by atoms with E-state index in [0.29, 0.717) is 16.9 Å². The summed E-state index contributed by atoms with van der Waals surface area (Å²) >= 11 is 0. The molecular formula is C18H16N4O2. The van der Waals surface area contributed by atoms with E-state index in [0.717, 1.165) is 5.69 Å². The second kappa shape index (κ2) is 6.78. The number of carbonyl (C=O) groups excluding carboxylic acids is 2. The van der Waals surface area contributed by atoms with Gasteiger partial charge in [0.25, 0.3) is 5.91 Å². The third-order valence-corrected chi connectivity index (χ3v) is 3.40. The lowest BCUT2D eigenvalue weighted by Crippen LogP contribution is -2.12. The lowest BCUT2D eigenvalue weighted by atomic mass is 10.2. The monoisotopic (exact) mass is 320 g/mol. The van der Waals surface area contributed by atoms with Crippen molar-refractivity contribution in [1.29, 1.82) is 0 Å². The number of hydrogen-bond donors (Lipinski definition) is 2. The third kappa shape index (κ3) is 3.67. The van der Waals surface area contributed by atoms with Gasteiger partial charge in [0, 0.05) is 41.9 Å². The van der Waals surface area contributed by atoms with Crippen LogP contribution in [0.4, 0.5) is 11.4 Å². The van der Waals surface area contributed by atoms with Gasteiger partial charge in [-0.2, -0.15) is 0 Å². The molecule has 3 rings (SSSR count). The highest BCUT2D eigenvalue weighted by molar-refractivity contribution is 6.04. The Labute approximate surface area is 139 Å². The van der Waals surface area contributed by atoms with Gasteiger partial charge in [0.1, 0.15) is 0 Å². The standard InChI is InChI=1S/C18H16N4O2/c1-13(23)20-15-4-6-16(7-5-15)21-18(24)14-2-8-17(9-3-14)22-11-10-19-12-22/h2-12H,1H3,(H,20,23)(H,21,24). The first-order chi connectivity index (χ1) is 11.6. The Balaban J connectivity index is 1.67. The van der Waals surface area contributed by atoms with Crippen LogP contribution in [0.5, 0.6) is 0 Å². The van der Waals surface area contributed by atoms with Gasteiger partial charge in [0.15, 0.2) is 0 Å². The van der Waals surface area contributed by atoms with Gasteiger partial charge < -0.3 is 15.2 Å². The fourth-order valence-corrected chi connectivity index (χ4v) is 2.24. The summed E-state index contributed by atoms with van der Waals surface area (Å²) < 4.78 is 1.86. The van der Waals surface area contributed by atoms with Gasteiger partial charge in [0.05, 0.1) is 6.33 Å². The number of nitrogens with one attached hydrogen (secondary N) is 2. The van der Waals surface area contributed by atoms with Crippen molar-refractivity contribution in [2.24, 2.45) is 0 Å². The number of amides is 2. The van der Waals surface area contributed by atoms with E-state index in [9.17, 15) is 9.59 Å². The van der Waals surface area contributed by atoms with E-state index in [2.05, 4.69) is 15.6 Å². The van der Waals surface area contributed by atoms with Crippen molar-refractivity contribution < 1.29 is 9.59 Å². The normalized spacial score (nSPS) is 10.2. The molecule has 0 aliphatic rings. The number of benzene rings is 2. The number of aromatic nitrogens is 2. The fourth-order valence-electron chi connectivity index (χ4n) is 2.24. The van der Waals surface area contributed by atoms with Crippen LogP contribution in [0.25, 0.3) is 5.69 Å². The molecule has 2 aromatic carbocycles. The molecule has 0 saturated carbocycles. The SMILES string of the molecule is CC(=O)Nc1ccc(NC(=O)c2ccc(-n3ccnc3)cc2)cc1. The van der Waals surface area contributed by atoms with Gasteiger partial charge in [-0.25, -0.2) is 4.98 Å². The molecular weight excluding hydrogens is 304 g/mol. The first-order valence-corrected chi connectivity index (χ1v) is 7.39. The Kier molecular flexibility index (Phi) is 4.38. The van der Waals surface area contributed by atoms with Crippen LogP contribution in [0, 0.1) is 0 Å².